The van der Waals surface area contributed by atoms with Crippen molar-refractivity contribution >= 4 is 44.8 Å². The summed E-state index contributed by atoms with van der Waals surface area (Å²) in [6, 6.07) is 21.3. The highest BCUT2D eigenvalue weighted by atomic mass is 79.9. The van der Waals surface area contributed by atoms with E-state index in [1.807, 2.05) is 86.6 Å². The Hall–Kier alpha value is -3.38. The van der Waals surface area contributed by atoms with Gasteiger partial charge in [0.25, 0.3) is 11.7 Å². The number of halogens is 1. The average Bonchev–Trinajstić information content (AvgIpc) is 3.05. The second kappa shape index (κ2) is 8.63. The third-order valence-corrected chi connectivity index (χ3v) is 6.13. The minimum Gasteiger partial charge on any atom is -0.507 e. The zero-order chi connectivity index (χ0) is 23.0. The van der Waals surface area contributed by atoms with Crippen molar-refractivity contribution in [2.24, 2.45) is 0 Å². The predicted molar refractivity (Wildman–Crippen MR) is 131 cm³/mol. The van der Waals surface area contributed by atoms with Gasteiger partial charge in [-0.3, -0.25) is 14.5 Å². The van der Waals surface area contributed by atoms with Crippen molar-refractivity contribution in [3.8, 4) is 0 Å². The molecule has 3 aromatic carbocycles. The Morgan fingerprint density at radius 2 is 1.50 bits per heavy atom. The molecule has 1 saturated heterocycles. The number of aliphatic hydroxyl groups is 1. The molecule has 1 amide bonds. The number of carbonyl (C=O) groups is 2. The van der Waals surface area contributed by atoms with Gasteiger partial charge in [0.1, 0.15) is 5.76 Å². The van der Waals surface area contributed by atoms with Crippen LogP contribution in [0.5, 0.6) is 0 Å². The van der Waals surface area contributed by atoms with E-state index in [9.17, 15) is 14.7 Å². The van der Waals surface area contributed by atoms with Crippen LogP contribution in [0.15, 0.2) is 82.8 Å². The maximum atomic E-state index is 13.2. The van der Waals surface area contributed by atoms with Gasteiger partial charge < -0.3 is 10.0 Å². The summed E-state index contributed by atoms with van der Waals surface area (Å²) in [6.45, 7) is 1.95. The minimum atomic E-state index is -0.741. The van der Waals surface area contributed by atoms with Gasteiger partial charge in [0.15, 0.2) is 0 Å². The first-order valence-electron chi connectivity index (χ1n) is 10.2. The third-order valence-electron chi connectivity index (χ3n) is 5.60. The Balaban J connectivity index is 1.90. The summed E-state index contributed by atoms with van der Waals surface area (Å²) < 4.78 is 0.882. The van der Waals surface area contributed by atoms with E-state index in [1.54, 1.807) is 12.1 Å². The predicted octanol–water partition coefficient (Wildman–Crippen LogP) is 5.45. The second-order valence-corrected chi connectivity index (χ2v) is 8.91. The molecule has 0 bridgehead atoms. The SMILES string of the molecule is Cc1ccc(/C(O)=C2\C(=O)C(=O)N(c3ccc(N(C)C)cc3)[C@@H]2c2ccc(Br)cc2)cc1. The lowest BCUT2D eigenvalue weighted by atomic mass is 9.95. The van der Waals surface area contributed by atoms with Crippen molar-refractivity contribution in [3.63, 3.8) is 0 Å². The molecule has 1 N–H and O–H groups in total. The van der Waals surface area contributed by atoms with Crippen molar-refractivity contribution in [2.75, 3.05) is 23.9 Å². The fraction of sp³-hybridized carbons (Fsp3) is 0.154. The number of hydrogen-bond acceptors (Lipinski definition) is 4. The fourth-order valence-electron chi connectivity index (χ4n) is 3.84. The summed E-state index contributed by atoms with van der Waals surface area (Å²) in [5.41, 5.74) is 3.92. The Morgan fingerprint density at radius 3 is 2.06 bits per heavy atom. The summed E-state index contributed by atoms with van der Waals surface area (Å²) in [5.74, 6) is -1.54. The van der Waals surface area contributed by atoms with Crippen LogP contribution in [-0.2, 0) is 9.59 Å². The smallest absolute Gasteiger partial charge is 0.300 e. The highest BCUT2D eigenvalue weighted by Gasteiger charge is 2.46. The molecule has 0 spiro atoms. The van der Waals surface area contributed by atoms with E-state index in [1.165, 1.54) is 4.90 Å². The molecule has 3 aromatic rings. The van der Waals surface area contributed by atoms with Gasteiger partial charge in [-0.25, -0.2) is 0 Å². The van der Waals surface area contributed by atoms with Gasteiger partial charge in [-0.2, -0.15) is 0 Å². The van der Waals surface area contributed by atoms with Crippen LogP contribution in [-0.4, -0.2) is 30.9 Å². The monoisotopic (exact) mass is 490 g/mol. The third kappa shape index (κ3) is 3.94. The molecule has 1 aliphatic rings. The average molecular weight is 491 g/mol. The van der Waals surface area contributed by atoms with E-state index < -0.39 is 17.7 Å². The number of ketones is 1. The lowest BCUT2D eigenvalue weighted by Gasteiger charge is -2.26. The van der Waals surface area contributed by atoms with Crippen molar-refractivity contribution in [1.82, 2.24) is 0 Å². The molecular weight excluding hydrogens is 468 g/mol. The van der Waals surface area contributed by atoms with Gasteiger partial charge in [0.2, 0.25) is 0 Å². The number of amides is 1. The summed E-state index contributed by atoms with van der Waals surface area (Å²) in [4.78, 5) is 29.8. The van der Waals surface area contributed by atoms with Crippen LogP contribution in [0.4, 0.5) is 11.4 Å². The number of nitrogens with zero attached hydrogens (tertiary/aromatic N) is 2. The normalized spacial score (nSPS) is 17.6. The molecule has 32 heavy (non-hydrogen) atoms. The Bertz CT molecular complexity index is 1200. The summed E-state index contributed by atoms with van der Waals surface area (Å²) in [7, 11) is 3.87. The molecule has 1 fully saturated rings. The standard InChI is InChI=1S/C26H23BrN2O3/c1-16-4-6-18(7-5-16)24(30)22-23(17-8-10-19(27)11-9-17)29(26(32)25(22)31)21-14-12-20(13-15-21)28(2)3/h4-15,23,30H,1-3H3/b24-22+/t23-/m1/s1. The number of carbonyl (C=O) groups excluding carboxylic acids is 2. The quantitative estimate of drug-likeness (QED) is 0.300. The molecular formula is C26H23BrN2O3. The van der Waals surface area contributed by atoms with E-state index in [0.29, 0.717) is 11.3 Å². The van der Waals surface area contributed by atoms with Gasteiger partial charge in [-0.15, -0.1) is 0 Å². The van der Waals surface area contributed by atoms with E-state index in [0.717, 1.165) is 21.3 Å². The number of anilines is 2. The van der Waals surface area contributed by atoms with Crippen LogP contribution in [0.25, 0.3) is 5.76 Å². The van der Waals surface area contributed by atoms with Crippen LogP contribution in [0.3, 0.4) is 0 Å². The van der Waals surface area contributed by atoms with E-state index in [4.69, 9.17) is 0 Å². The van der Waals surface area contributed by atoms with Crippen LogP contribution in [0.1, 0.15) is 22.7 Å². The first-order chi connectivity index (χ1) is 15.3. The maximum Gasteiger partial charge on any atom is 0.300 e. The minimum absolute atomic E-state index is 0.0814. The Labute approximate surface area is 195 Å². The van der Waals surface area contributed by atoms with Gasteiger partial charge in [0.05, 0.1) is 11.6 Å². The lowest BCUT2D eigenvalue weighted by molar-refractivity contribution is -0.132. The van der Waals surface area contributed by atoms with Crippen LogP contribution >= 0.6 is 15.9 Å². The molecule has 1 aliphatic heterocycles. The van der Waals surface area contributed by atoms with Gasteiger partial charge in [0, 0.05) is 35.5 Å². The largest absolute Gasteiger partial charge is 0.507 e. The molecule has 5 nitrogen and oxygen atoms in total. The van der Waals surface area contributed by atoms with Crippen molar-refractivity contribution in [2.45, 2.75) is 13.0 Å². The van der Waals surface area contributed by atoms with Crippen molar-refractivity contribution in [3.05, 3.63) is 99.5 Å². The molecule has 162 valence electrons. The van der Waals surface area contributed by atoms with Crippen molar-refractivity contribution in [1.29, 1.82) is 0 Å². The highest BCUT2D eigenvalue weighted by Crippen LogP contribution is 2.42. The fourth-order valence-corrected chi connectivity index (χ4v) is 4.10. The summed E-state index contributed by atoms with van der Waals surface area (Å²) in [5, 5.41) is 11.1. The van der Waals surface area contributed by atoms with Crippen molar-refractivity contribution < 1.29 is 14.7 Å². The highest BCUT2D eigenvalue weighted by molar-refractivity contribution is 9.10. The first-order valence-corrected chi connectivity index (χ1v) is 11.0. The summed E-state index contributed by atoms with van der Waals surface area (Å²) in [6.07, 6.45) is 0. The zero-order valence-corrected chi connectivity index (χ0v) is 19.6. The molecule has 0 aliphatic carbocycles. The molecule has 6 heteroatoms. The molecule has 0 saturated carbocycles. The zero-order valence-electron chi connectivity index (χ0n) is 18.0. The van der Waals surface area contributed by atoms with Gasteiger partial charge in [-0.05, 0) is 48.9 Å². The van der Waals surface area contributed by atoms with E-state index in [2.05, 4.69) is 15.9 Å². The van der Waals surface area contributed by atoms with Gasteiger partial charge >= 0.3 is 0 Å². The summed E-state index contributed by atoms with van der Waals surface area (Å²) >= 11 is 3.43. The Kier molecular flexibility index (Phi) is 5.89. The molecule has 1 heterocycles. The number of hydrogen-bond donors (Lipinski definition) is 1. The molecule has 0 unspecified atom stereocenters. The molecule has 4 rings (SSSR count). The van der Waals surface area contributed by atoms with E-state index >= 15 is 0 Å². The van der Waals surface area contributed by atoms with E-state index in [-0.39, 0.29) is 11.3 Å². The lowest BCUT2D eigenvalue weighted by Crippen LogP contribution is -2.29. The van der Waals surface area contributed by atoms with Crippen LogP contribution in [0, 0.1) is 6.92 Å². The Morgan fingerprint density at radius 1 is 0.906 bits per heavy atom. The molecule has 1 atom stereocenters. The maximum absolute atomic E-state index is 13.2. The molecule has 0 aromatic heterocycles. The number of aryl methyl sites for hydroxylation is 1. The number of benzene rings is 3. The number of Topliss-reactive ketones (excluding diaryl/α,β-unsaturated/α-hetero) is 1. The molecule has 0 radical (unpaired) electrons. The van der Waals surface area contributed by atoms with Crippen LogP contribution < -0.4 is 9.80 Å². The number of aliphatic hydroxyl groups excluding tert-OH is 1. The van der Waals surface area contributed by atoms with Crippen LogP contribution in [0.2, 0.25) is 0 Å². The second-order valence-electron chi connectivity index (χ2n) is 8.00. The van der Waals surface area contributed by atoms with Gasteiger partial charge in [-0.1, -0.05) is 57.9 Å². The topological polar surface area (TPSA) is 60.9 Å². The number of rotatable bonds is 4. The first kappa shape index (κ1) is 21.8.